The molecule has 0 atom stereocenters. The summed E-state index contributed by atoms with van der Waals surface area (Å²) in [6.45, 7) is 9.00. The van der Waals surface area contributed by atoms with E-state index in [1.54, 1.807) is 24.4 Å². The number of hydrogen-bond donors (Lipinski definition) is 3. The zero-order valence-electron chi connectivity index (χ0n) is 16.7. The molecule has 29 heavy (non-hydrogen) atoms. The Hall–Kier alpha value is -1.98. The van der Waals surface area contributed by atoms with Crippen molar-refractivity contribution in [3.8, 4) is 11.5 Å². The molecule has 10 heteroatoms. The normalized spacial score (nSPS) is 10.3. The lowest BCUT2D eigenvalue weighted by molar-refractivity contribution is -0.118. The van der Waals surface area contributed by atoms with Crippen molar-refractivity contribution in [2.75, 3.05) is 23.7 Å². The predicted octanol–water partition coefficient (Wildman–Crippen LogP) is 4.73. The maximum atomic E-state index is 11.0. The van der Waals surface area contributed by atoms with Gasteiger partial charge in [0.2, 0.25) is 11.9 Å². The van der Waals surface area contributed by atoms with E-state index in [4.69, 9.17) is 23.2 Å². The number of rotatable bonds is 6. The van der Waals surface area contributed by atoms with E-state index in [1.807, 2.05) is 0 Å². The highest BCUT2D eigenvalue weighted by Crippen LogP contribution is 2.26. The maximum Gasteiger partial charge on any atom is 0.229 e. The summed E-state index contributed by atoms with van der Waals surface area (Å²) in [4.78, 5) is 19.9. The first-order chi connectivity index (χ1) is 13.1. The first kappa shape index (κ1) is 25.1. The number of benzene rings is 1. The van der Waals surface area contributed by atoms with Crippen LogP contribution in [0.3, 0.4) is 0 Å². The molecule has 0 unspecified atom stereocenters. The fourth-order valence-electron chi connectivity index (χ4n) is 2.05. The van der Waals surface area contributed by atoms with Crippen LogP contribution < -0.4 is 16.0 Å². The van der Waals surface area contributed by atoms with Crippen LogP contribution in [0, 0.1) is 11.5 Å². The van der Waals surface area contributed by atoms with E-state index in [1.165, 1.54) is 6.92 Å². The average molecular weight is 473 g/mol. The Morgan fingerprint density at radius 1 is 1.17 bits per heavy atom. The van der Waals surface area contributed by atoms with Crippen LogP contribution in [0.4, 0.5) is 17.5 Å². The molecule has 0 saturated heterocycles. The summed E-state index contributed by atoms with van der Waals surface area (Å²) in [6, 6.07) is 5.20. The molecule has 3 N–H and O–H groups in total. The van der Waals surface area contributed by atoms with E-state index >= 15 is 0 Å². The molecule has 0 aliphatic heterocycles. The fraction of sp³-hybridized carbons (Fsp3) is 0.316. The second-order valence-electron chi connectivity index (χ2n) is 7.12. The Kier molecular flexibility index (Phi) is 9.73. The van der Waals surface area contributed by atoms with Crippen molar-refractivity contribution in [1.29, 1.82) is 0 Å². The van der Waals surface area contributed by atoms with Gasteiger partial charge in [-0.1, -0.05) is 48.8 Å². The van der Waals surface area contributed by atoms with E-state index in [0.29, 0.717) is 40.5 Å². The number of carbonyl (C=O) groups is 1. The third-order valence-electron chi connectivity index (χ3n) is 3.33. The zero-order valence-corrected chi connectivity index (χ0v) is 20.0. The minimum atomic E-state index is -1.55. The Labute approximate surface area is 188 Å². The fourth-order valence-corrected chi connectivity index (χ4v) is 2.85. The molecule has 6 nitrogen and oxygen atoms in total. The van der Waals surface area contributed by atoms with E-state index in [-0.39, 0.29) is 18.3 Å². The van der Waals surface area contributed by atoms with Gasteiger partial charge in [0.15, 0.2) is 0 Å². The van der Waals surface area contributed by atoms with Crippen molar-refractivity contribution < 1.29 is 4.79 Å². The Morgan fingerprint density at radius 2 is 1.90 bits per heavy atom. The molecule has 0 spiro atoms. The third kappa shape index (κ3) is 8.92. The van der Waals surface area contributed by atoms with Crippen molar-refractivity contribution in [2.24, 2.45) is 0 Å². The average Bonchev–Trinajstić information content (AvgIpc) is 2.60. The number of hydrogen-bond acceptors (Lipinski definition) is 5. The lowest BCUT2D eigenvalue weighted by Crippen LogP contribution is -2.26. The second-order valence-corrected chi connectivity index (χ2v) is 12.7. The van der Waals surface area contributed by atoms with Crippen molar-refractivity contribution in [1.82, 2.24) is 15.3 Å². The van der Waals surface area contributed by atoms with Crippen LogP contribution in [0.1, 0.15) is 12.5 Å². The minimum Gasteiger partial charge on any atom is -0.367 e. The van der Waals surface area contributed by atoms with Gasteiger partial charge in [0, 0.05) is 25.7 Å². The highest BCUT2D eigenvalue weighted by atomic mass is 35.5. The topological polar surface area (TPSA) is 78.9 Å². The number of carbonyl (C=O) groups excluding carboxylic acids is 1. The Morgan fingerprint density at radius 3 is 2.52 bits per heavy atom. The predicted molar refractivity (Wildman–Crippen MR) is 126 cm³/mol. The highest BCUT2D eigenvalue weighted by Gasteiger charge is 2.10. The molecule has 1 amide bonds. The SMILES string of the molecule is CC(=O)NCCNc1nc(Nc2ccc(Cl)c(Cl)c2)ncc1C#C[Si](C)(C)C.Cl. The molecule has 2 rings (SSSR count). The van der Waals surface area contributed by atoms with Gasteiger partial charge in [0.25, 0.3) is 0 Å². The zero-order chi connectivity index (χ0) is 20.7. The Bertz CT molecular complexity index is 922. The lowest BCUT2D eigenvalue weighted by atomic mass is 10.3. The van der Waals surface area contributed by atoms with Gasteiger partial charge in [-0.25, -0.2) is 4.98 Å². The summed E-state index contributed by atoms with van der Waals surface area (Å²) in [7, 11) is -1.55. The van der Waals surface area contributed by atoms with Crippen LogP contribution >= 0.6 is 35.6 Å². The van der Waals surface area contributed by atoms with Gasteiger partial charge in [-0.05, 0) is 18.2 Å². The number of anilines is 3. The van der Waals surface area contributed by atoms with E-state index in [2.05, 4.69) is 57.0 Å². The number of amides is 1. The van der Waals surface area contributed by atoms with Gasteiger partial charge in [-0.15, -0.1) is 18.0 Å². The molecular weight excluding hydrogens is 449 g/mol. The number of aromatic nitrogens is 2. The van der Waals surface area contributed by atoms with Gasteiger partial charge >= 0.3 is 0 Å². The standard InChI is InChI=1S/C19H23Cl2N5OSi.ClH/c1-13(27)22-8-9-23-18-14(7-10-28(2,3)4)12-24-19(26-18)25-15-5-6-16(20)17(21)11-15;/h5-6,11-12H,8-9H2,1-4H3,(H,22,27)(H2,23,24,25,26);1H. The first-order valence-corrected chi connectivity index (χ1v) is 13.0. The molecular formula is C19H24Cl3N5OSi. The van der Waals surface area contributed by atoms with Crippen molar-refractivity contribution in [2.45, 2.75) is 26.6 Å². The van der Waals surface area contributed by atoms with Gasteiger partial charge in [0.1, 0.15) is 13.9 Å². The summed E-state index contributed by atoms with van der Waals surface area (Å²) in [5, 5.41) is 9.98. The number of nitrogens with zero attached hydrogens (tertiary/aromatic N) is 2. The van der Waals surface area contributed by atoms with Crippen LogP contribution in [0.15, 0.2) is 24.4 Å². The summed E-state index contributed by atoms with van der Waals surface area (Å²) in [6.07, 6.45) is 1.68. The van der Waals surface area contributed by atoms with Crippen molar-refractivity contribution >= 4 is 67.0 Å². The highest BCUT2D eigenvalue weighted by molar-refractivity contribution is 6.83. The molecule has 0 bridgehead atoms. The smallest absolute Gasteiger partial charge is 0.229 e. The summed E-state index contributed by atoms with van der Waals surface area (Å²) < 4.78 is 0. The van der Waals surface area contributed by atoms with Crippen LogP contribution in [0.25, 0.3) is 0 Å². The molecule has 0 radical (unpaired) electrons. The molecule has 0 fully saturated rings. The van der Waals surface area contributed by atoms with Crippen LogP contribution in [0.2, 0.25) is 29.7 Å². The molecule has 1 aromatic heterocycles. The lowest BCUT2D eigenvalue weighted by Gasteiger charge is -2.11. The number of halogens is 3. The first-order valence-electron chi connectivity index (χ1n) is 8.74. The molecule has 156 valence electrons. The van der Waals surface area contributed by atoms with Gasteiger partial charge in [-0.3, -0.25) is 4.79 Å². The minimum absolute atomic E-state index is 0. The van der Waals surface area contributed by atoms with Crippen LogP contribution in [0.5, 0.6) is 0 Å². The monoisotopic (exact) mass is 471 g/mol. The molecule has 0 saturated carbocycles. The second kappa shape index (κ2) is 11.3. The van der Waals surface area contributed by atoms with Crippen molar-refractivity contribution in [3.05, 3.63) is 40.0 Å². The Balaban J connectivity index is 0.00000420. The van der Waals surface area contributed by atoms with Crippen molar-refractivity contribution in [3.63, 3.8) is 0 Å². The molecule has 1 heterocycles. The van der Waals surface area contributed by atoms with E-state index < -0.39 is 8.07 Å². The summed E-state index contributed by atoms with van der Waals surface area (Å²) in [5.74, 6) is 4.11. The van der Waals surface area contributed by atoms with Crippen LogP contribution in [-0.4, -0.2) is 37.0 Å². The van der Waals surface area contributed by atoms with Gasteiger partial charge in [0.05, 0.1) is 21.8 Å². The van der Waals surface area contributed by atoms with Gasteiger partial charge < -0.3 is 16.0 Å². The number of nitrogens with one attached hydrogen (secondary N) is 3. The van der Waals surface area contributed by atoms with E-state index in [0.717, 1.165) is 5.69 Å². The quantitative estimate of drug-likeness (QED) is 0.322. The third-order valence-corrected chi connectivity index (χ3v) is 4.94. The largest absolute Gasteiger partial charge is 0.367 e. The van der Waals surface area contributed by atoms with Gasteiger partial charge in [-0.2, -0.15) is 4.98 Å². The molecule has 2 aromatic rings. The molecule has 0 aliphatic rings. The van der Waals surface area contributed by atoms with Crippen LogP contribution in [-0.2, 0) is 4.79 Å². The summed E-state index contributed by atoms with van der Waals surface area (Å²) in [5.41, 5.74) is 4.75. The maximum absolute atomic E-state index is 11.0. The molecule has 1 aromatic carbocycles. The summed E-state index contributed by atoms with van der Waals surface area (Å²) >= 11 is 12.0. The molecule has 0 aliphatic carbocycles. The van der Waals surface area contributed by atoms with E-state index in [9.17, 15) is 4.79 Å².